The molecule has 0 aliphatic heterocycles. The molecule has 0 heterocycles. The second-order valence-corrected chi connectivity index (χ2v) is 6.41. The molecule has 120 valence electrons. The molecule has 4 heteroatoms. The van der Waals surface area contributed by atoms with Crippen molar-refractivity contribution in [3.8, 4) is 0 Å². The minimum atomic E-state index is -0.231. The number of benzene rings is 2. The third-order valence-electron chi connectivity index (χ3n) is 4.53. The van der Waals surface area contributed by atoms with Crippen LogP contribution >= 0.6 is 0 Å². The summed E-state index contributed by atoms with van der Waals surface area (Å²) in [7, 11) is 0. The molecule has 2 aromatic rings. The van der Waals surface area contributed by atoms with Gasteiger partial charge >= 0.3 is 6.03 Å². The Kier molecular flexibility index (Phi) is 4.07. The Bertz CT molecular complexity index is 721. The minimum absolute atomic E-state index is 0.0344. The Morgan fingerprint density at radius 2 is 1.83 bits per heavy atom. The molecular formula is C19H21FN2O. The fourth-order valence-corrected chi connectivity index (χ4v) is 2.89. The quantitative estimate of drug-likeness (QED) is 0.868. The third-order valence-corrected chi connectivity index (χ3v) is 4.53. The van der Waals surface area contributed by atoms with Gasteiger partial charge in [0.05, 0.1) is 0 Å². The van der Waals surface area contributed by atoms with Gasteiger partial charge in [-0.15, -0.1) is 0 Å². The number of rotatable bonds is 4. The average Bonchev–Trinajstić information content (AvgIpc) is 3.30. The Balaban J connectivity index is 1.59. The van der Waals surface area contributed by atoms with Crippen molar-refractivity contribution in [3.05, 3.63) is 65.0 Å². The molecule has 2 amide bonds. The largest absolute Gasteiger partial charge is 0.337 e. The van der Waals surface area contributed by atoms with E-state index in [1.165, 1.54) is 17.7 Å². The first-order valence-electron chi connectivity index (χ1n) is 7.87. The molecule has 0 atom stereocenters. The predicted molar refractivity (Wildman–Crippen MR) is 90.2 cm³/mol. The SMILES string of the molecule is Cc1ccc(NC(=O)NCC2(c3ccc(F)cc3)CC2)c(C)c1. The Labute approximate surface area is 135 Å². The van der Waals surface area contributed by atoms with Gasteiger partial charge in [-0.2, -0.15) is 0 Å². The van der Waals surface area contributed by atoms with Gasteiger partial charge in [0.1, 0.15) is 5.82 Å². The van der Waals surface area contributed by atoms with Crippen LogP contribution in [0.5, 0.6) is 0 Å². The summed E-state index contributed by atoms with van der Waals surface area (Å²) >= 11 is 0. The highest BCUT2D eigenvalue weighted by atomic mass is 19.1. The highest BCUT2D eigenvalue weighted by Gasteiger charge is 2.44. The summed E-state index contributed by atoms with van der Waals surface area (Å²) in [5.74, 6) is -0.231. The maximum Gasteiger partial charge on any atom is 0.319 e. The summed E-state index contributed by atoms with van der Waals surface area (Å²) in [5.41, 5.74) is 4.08. The van der Waals surface area contributed by atoms with E-state index in [0.717, 1.165) is 29.7 Å². The number of hydrogen-bond acceptors (Lipinski definition) is 1. The van der Waals surface area contributed by atoms with Crippen molar-refractivity contribution in [1.29, 1.82) is 0 Å². The van der Waals surface area contributed by atoms with E-state index in [1.807, 2.05) is 44.2 Å². The second-order valence-electron chi connectivity index (χ2n) is 6.41. The Morgan fingerprint density at radius 1 is 1.13 bits per heavy atom. The number of halogens is 1. The topological polar surface area (TPSA) is 41.1 Å². The standard InChI is InChI=1S/C19H21FN2O/c1-13-3-8-17(14(2)11-13)22-18(23)21-12-19(9-10-19)15-4-6-16(20)7-5-15/h3-8,11H,9-10,12H2,1-2H3,(H2,21,22,23). The van der Waals surface area contributed by atoms with E-state index < -0.39 is 0 Å². The molecule has 1 aliphatic carbocycles. The number of nitrogens with one attached hydrogen (secondary N) is 2. The van der Waals surface area contributed by atoms with Crippen LogP contribution in [0.4, 0.5) is 14.9 Å². The van der Waals surface area contributed by atoms with E-state index in [0.29, 0.717) is 6.54 Å². The van der Waals surface area contributed by atoms with Crippen LogP contribution in [0, 0.1) is 19.7 Å². The monoisotopic (exact) mass is 312 g/mol. The highest BCUT2D eigenvalue weighted by Crippen LogP contribution is 2.47. The molecule has 0 aromatic heterocycles. The van der Waals surface area contributed by atoms with Crippen molar-refractivity contribution < 1.29 is 9.18 Å². The van der Waals surface area contributed by atoms with Gasteiger partial charge in [0.25, 0.3) is 0 Å². The van der Waals surface area contributed by atoms with Crippen LogP contribution in [0.3, 0.4) is 0 Å². The Morgan fingerprint density at radius 3 is 2.43 bits per heavy atom. The second kappa shape index (κ2) is 6.03. The van der Waals surface area contributed by atoms with Gasteiger partial charge in [0, 0.05) is 17.6 Å². The maximum atomic E-state index is 13.0. The summed E-state index contributed by atoms with van der Waals surface area (Å²) in [4.78, 5) is 12.1. The normalized spacial score (nSPS) is 15.1. The van der Waals surface area contributed by atoms with Crippen LogP contribution in [0.25, 0.3) is 0 Å². The first kappa shape index (κ1) is 15.5. The number of anilines is 1. The molecule has 3 nitrogen and oxygen atoms in total. The molecule has 2 aromatic carbocycles. The summed E-state index contributed by atoms with van der Waals surface area (Å²) < 4.78 is 13.0. The van der Waals surface area contributed by atoms with Crippen molar-refractivity contribution in [1.82, 2.24) is 5.32 Å². The van der Waals surface area contributed by atoms with Crippen LogP contribution in [0.1, 0.15) is 29.5 Å². The zero-order valence-corrected chi connectivity index (χ0v) is 13.4. The summed E-state index contributed by atoms with van der Waals surface area (Å²) in [5, 5.41) is 5.83. The van der Waals surface area contributed by atoms with Crippen molar-refractivity contribution in [3.63, 3.8) is 0 Å². The predicted octanol–water partition coefficient (Wildman–Crippen LogP) is 4.30. The molecule has 1 saturated carbocycles. The van der Waals surface area contributed by atoms with Gasteiger partial charge in [0.2, 0.25) is 0 Å². The average molecular weight is 312 g/mol. The molecule has 0 spiro atoms. The van der Waals surface area contributed by atoms with Crippen molar-refractivity contribution in [2.24, 2.45) is 0 Å². The number of aryl methyl sites for hydroxylation is 2. The van der Waals surface area contributed by atoms with E-state index >= 15 is 0 Å². The molecule has 0 saturated heterocycles. The lowest BCUT2D eigenvalue weighted by Crippen LogP contribution is -2.35. The molecule has 3 rings (SSSR count). The lowest BCUT2D eigenvalue weighted by molar-refractivity contribution is 0.251. The van der Waals surface area contributed by atoms with E-state index in [2.05, 4.69) is 10.6 Å². The molecule has 1 fully saturated rings. The van der Waals surface area contributed by atoms with E-state index in [1.54, 1.807) is 0 Å². The molecule has 0 radical (unpaired) electrons. The number of carbonyl (C=O) groups is 1. The molecular weight excluding hydrogens is 291 g/mol. The highest BCUT2D eigenvalue weighted by molar-refractivity contribution is 5.90. The van der Waals surface area contributed by atoms with Crippen LogP contribution in [-0.2, 0) is 5.41 Å². The van der Waals surface area contributed by atoms with Crippen LogP contribution in [-0.4, -0.2) is 12.6 Å². The summed E-state index contributed by atoms with van der Waals surface area (Å²) in [6.45, 7) is 4.56. The first-order valence-corrected chi connectivity index (χ1v) is 7.87. The zero-order chi connectivity index (χ0) is 16.4. The first-order chi connectivity index (χ1) is 11.0. The molecule has 23 heavy (non-hydrogen) atoms. The van der Waals surface area contributed by atoms with Gasteiger partial charge in [-0.1, -0.05) is 29.8 Å². The fraction of sp³-hybridized carbons (Fsp3) is 0.316. The van der Waals surface area contributed by atoms with Crippen molar-refractivity contribution in [2.45, 2.75) is 32.1 Å². The molecule has 2 N–H and O–H groups in total. The van der Waals surface area contributed by atoms with E-state index in [4.69, 9.17) is 0 Å². The zero-order valence-electron chi connectivity index (χ0n) is 13.4. The van der Waals surface area contributed by atoms with Crippen molar-refractivity contribution >= 4 is 11.7 Å². The number of urea groups is 1. The van der Waals surface area contributed by atoms with Crippen LogP contribution < -0.4 is 10.6 Å². The van der Waals surface area contributed by atoms with Crippen molar-refractivity contribution in [2.75, 3.05) is 11.9 Å². The molecule has 1 aliphatic rings. The fourth-order valence-electron chi connectivity index (χ4n) is 2.89. The minimum Gasteiger partial charge on any atom is -0.337 e. The summed E-state index contributed by atoms with van der Waals surface area (Å²) in [6.07, 6.45) is 2.03. The smallest absolute Gasteiger partial charge is 0.319 e. The summed E-state index contributed by atoms with van der Waals surface area (Å²) in [6, 6.07) is 12.3. The van der Waals surface area contributed by atoms with Gasteiger partial charge in [-0.05, 0) is 56.0 Å². The van der Waals surface area contributed by atoms with Crippen LogP contribution in [0.15, 0.2) is 42.5 Å². The van der Waals surface area contributed by atoms with E-state index in [-0.39, 0.29) is 17.3 Å². The van der Waals surface area contributed by atoms with Gasteiger partial charge in [-0.25, -0.2) is 9.18 Å². The number of hydrogen-bond donors (Lipinski definition) is 2. The van der Waals surface area contributed by atoms with Gasteiger partial charge in [0.15, 0.2) is 0 Å². The number of amides is 2. The Hall–Kier alpha value is -2.36. The maximum absolute atomic E-state index is 13.0. The molecule has 0 unspecified atom stereocenters. The lowest BCUT2D eigenvalue weighted by atomic mass is 9.96. The van der Waals surface area contributed by atoms with Gasteiger partial charge < -0.3 is 10.6 Å². The van der Waals surface area contributed by atoms with Crippen LogP contribution in [0.2, 0.25) is 0 Å². The molecule has 0 bridgehead atoms. The van der Waals surface area contributed by atoms with E-state index in [9.17, 15) is 9.18 Å². The van der Waals surface area contributed by atoms with Gasteiger partial charge in [-0.3, -0.25) is 0 Å². The third kappa shape index (κ3) is 3.52. The lowest BCUT2D eigenvalue weighted by Gasteiger charge is -2.17. The number of carbonyl (C=O) groups excluding carboxylic acids is 1.